The lowest BCUT2D eigenvalue weighted by Crippen LogP contribution is -2.33. The summed E-state index contributed by atoms with van der Waals surface area (Å²) in [5, 5.41) is 0.897. The Morgan fingerprint density at radius 1 is 0.700 bits per heavy atom. The van der Waals surface area contributed by atoms with Crippen LogP contribution in [0.1, 0.15) is 36.8 Å². The molecule has 2 N–H and O–H groups in total. The van der Waals surface area contributed by atoms with E-state index in [0.717, 1.165) is 24.0 Å². The van der Waals surface area contributed by atoms with Gasteiger partial charge in [-0.05, 0) is 35.1 Å². The molecule has 0 fully saturated rings. The lowest BCUT2D eigenvalue weighted by Gasteiger charge is -2.29. The summed E-state index contributed by atoms with van der Waals surface area (Å²) in [4.78, 5) is 11.8. The van der Waals surface area contributed by atoms with Gasteiger partial charge in [-0.2, -0.15) is 4.98 Å². The quantitative estimate of drug-likeness (QED) is 0.440. The number of rotatable bonds is 7. The van der Waals surface area contributed by atoms with Crippen LogP contribution < -0.4 is 10.6 Å². The number of para-hydroxylation sites is 1. The number of hydrogen-bond donors (Lipinski definition) is 1. The number of fused-ring (bicyclic) bond motifs is 1. The van der Waals surface area contributed by atoms with Gasteiger partial charge in [-0.25, -0.2) is 4.98 Å². The van der Waals surface area contributed by atoms with Gasteiger partial charge in [0.1, 0.15) is 5.82 Å². The third-order valence-electron chi connectivity index (χ3n) is 5.63. The van der Waals surface area contributed by atoms with Crippen molar-refractivity contribution in [2.24, 2.45) is 0 Å². The van der Waals surface area contributed by atoms with Crippen molar-refractivity contribution < 1.29 is 0 Å². The Morgan fingerprint density at radius 3 is 1.77 bits per heavy atom. The molecule has 152 valence electrons. The lowest BCUT2D eigenvalue weighted by molar-refractivity contribution is 0.627. The van der Waals surface area contributed by atoms with Gasteiger partial charge in [0.25, 0.3) is 0 Å². The summed E-state index contributed by atoms with van der Waals surface area (Å²) in [7, 11) is 0. The topological polar surface area (TPSA) is 55.0 Å². The number of nitrogen functional groups attached to an aromatic ring is 1. The minimum Gasteiger partial charge on any atom is -0.383 e. The molecule has 2 unspecified atom stereocenters. The van der Waals surface area contributed by atoms with Crippen molar-refractivity contribution in [3.05, 3.63) is 96.1 Å². The van der Waals surface area contributed by atoms with Gasteiger partial charge in [-0.3, -0.25) is 0 Å². The van der Waals surface area contributed by atoms with Crippen LogP contribution in [0.5, 0.6) is 0 Å². The molecule has 0 bridgehead atoms. The summed E-state index contributed by atoms with van der Waals surface area (Å²) in [5.41, 5.74) is 9.80. The zero-order chi connectivity index (χ0) is 20.9. The molecule has 4 nitrogen and oxygen atoms in total. The van der Waals surface area contributed by atoms with Gasteiger partial charge >= 0.3 is 0 Å². The van der Waals surface area contributed by atoms with Crippen LogP contribution in [0.3, 0.4) is 0 Å². The molecule has 0 aliphatic carbocycles. The smallest absolute Gasteiger partial charge is 0.227 e. The van der Waals surface area contributed by atoms with Crippen LogP contribution in [0.25, 0.3) is 10.9 Å². The zero-order valence-corrected chi connectivity index (χ0v) is 17.6. The first-order valence-electron chi connectivity index (χ1n) is 10.5. The van der Waals surface area contributed by atoms with E-state index < -0.39 is 0 Å². The van der Waals surface area contributed by atoms with Crippen molar-refractivity contribution in [2.75, 3.05) is 23.7 Å². The molecule has 0 spiro atoms. The molecule has 0 radical (unpaired) electrons. The van der Waals surface area contributed by atoms with E-state index in [1.807, 2.05) is 24.3 Å². The molecule has 0 aliphatic rings. The van der Waals surface area contributed by atoms with Crippen LogP contribution >= 0.6 is 0 Å². The van der Waals surface area contributed by atoms with E-state index >= 15 is 0 Å². The summed E-state index contributed by atoms with van der Waals surface area (Å²) in [6.07, 6.45) is 0. The maximum absolute atomic E-state index is 6.30. The summed E-state index contributed by atoms with van der Waals surface area (Å²) in [6, 6.07) is 29.1. The van der Waals surface area contributed by atoms with E-state index in [1.54, 1.807) is 0 Å². The molecule has 4 rings (SSSR count). The van der Waals surface area contributed by atoms with Crippen molar-refractivity contribution in [2.45, 2.75) is 25.7 Å². The number of anilines is 2. The summed E-state index contributed by atoms with van der Waals surface area (Å²) < 4.78 is 0. The van der Waals surface area contributed by atoms with Crippen LogP contribution in [-0.4, -0.2) is 23.1 Å². The normalized spacial score (nSPS) is 13.1. The van der Waals surface area contributed by atoms with E-state index in [1.165, 1.54) is 11.1 Å². The lowest BCUT2D eigenvalue weighted by atomic mass is 9.98. The van der Waals surface area contributed by atoms with Crippen molar-refractivity contribution in [3.8, 4) is 0 Å². The second-order valence-corrected chi connectivity index (χ2v) is 7.95. The van der Waals surface area contributed by atoms with Gasteiger partial charge in [0.15, 0.2) is 0 Å². The second kappa shape index (κ2) is 8.95. The highest BCUT2D eigenvalue weighted by atomic mass is 15.3. The molecule has 0 amide bonds. The Morgan fingerprint density at radius 2 is 1.20 bits per heavy atom. The highest BCUT2D eigenvalue weighted by Crippen LogP contribution is 2.26. The van der Waals surface area contributed by atoms with Gasteiger partial charge in [0.2, 0.25) is 5.95 Å². The third kappa shape index (κ3) is 4.43. The van der Waals surface area contributed by atoms with Crippen molar-refractivity contribution >= 4 is 22.7 Å². The monoisotopic (exact) mass is 396 g/mol. The minimum atomic E-state index is 0.338. The number of aromatic nitrogens is 2. The Kier molecular flexibility index (Phi) is 5.94. The molecular formula is C26H28N4. The highest BCUT2D eigenvalue weighted by Gasteiger charge is 2.20. The van der Waals surface area contributed by atoms with Gasteiger partial charge < -0.3 is 10.6 Å². The largest absolute Gasteiger partial charge is 0.383 e. The van der Waals surface area contributed by atoms with Crippen LogP contribution in [0.15, 0.2) is 84.9 Å². The first-order valence-corrected chi connectivity index (χ1v) is 10.5. The second-order valence-electron chi connectivity index (χ2n) is 7.95. The predicted molar refractivity (Wildman–Crippen MR) is 126 cm³/mol. The van der Waals surface area contributed by atoms with Crippen LogP contribution in [-0.2, 0) is 0 Å². The average molecular weight is 397 g/mol. The third-order valence-corrected chi connectivity index (χ3v) is 5.63. The van der Waals surface area contributed by atoms with Crippen LogP contribution in [0.2, 0.25) is 0 Å². The van der Waals surface area contributed by atoms with E-state index in [2.05, 4.69) is 84.4 Å². The maximum Gasteiger partial charge on any atom is 0.227 e. The molecule has 0 saturated heterocycles. The predicted octanol–water partition coefficient (Wildman–Crippen LogP) is 5.63. The molecule has 30 heavy (non-hydrogen) atoms. The SMILES string of the molecule is CC(CN(CC(C)c1ccccc1)c1nc(N)c2ccccc2n1)c1ccccc1. The molecule has 2 atom stereocenters. The highest BCUT2D eigenvalue weighted by molar-refractivity contribution is 5.88. The molecule has 1 aromatic heterocycles. The van der Waals surface area contributed by atoms with Gasteiger partial charge in [0.05, 0.1) is 5.52 Å². The van der Waals surface area contributed by atoms with Gasteiger partial charge in [-0.15, -0.1) is 0 Å². The average Bonchev–Trinajstić information content (AvgIpc) is 2.79. The number of nitrogens with zero attached hydrogens (tertiary/aromatic N) is 3. The zero-order valence-electron chi connectivity index (χ0n) is 17.6. The summed E-state index contributed by atoms with van der Waals surface area (Å²) >= 11 is 0. The molecule has 3 aromatic carbocycles. The Labute approximate surface area is 178 Å². The first-order chi connectivity index (χ1) is 14.6. The van der Waals surface area contributed by atoms with E-state index in [9.17, 15) is 0 Å². The fourth-order valence-corrected chi connectivity index (χ4v) is 3.90. The van der Waals surface area contributed by atoms with Crippen molar-refractivity contribution in [1.29, 1.82) is 0 Å². The van der Waals surface area contributed by atoms with Crippen molar-refractivity contribution in [1.82, 2.24) is 9.97 Å². The number of nitrogens with two attached hydrogens (primary N) is 1. The minimum absolute atomic E-state index is 0.338. The standard InChI is InChI=1S/C26H28N4/c1-19(21-11-5-3-6-12-21)17-30(18-20(2)22-13-7-4-8-14-22)26-28-24-16-10-9-15-23(24)25(27)29-26/h3-16,19-20H,17-18H2,1-2H3,(H2,27,28,29). The molecule has 4 heteroatoms. The number of hydrogen-bond acceptors (Lipinski definition) is 4. The van der Waals surface area contributed by atoms with Crippen LogP contribution in [0, 0.1) is 0 Å². The van der Waals surface area contributed by atoms with E-state index in [0.29, 0.717) is 23.6 Å². The van der Waals surface area contributed by atoms with Crippen molar-refractivity contribution in [3.63, 3.8) is 0 Å². The van der Waals surface area contributed by atoms with Gasteiger partial charge in [-0.1, -0.05) is 86.6 Å². The molecule has 0 saturated carbocycles. The Balaban J connectivity index is 1.67. The van der Waals surface area contributed by atoms with Crippen LogP contribution in [0.4, 0.5) is 11.8 Å². The molecule has 0 aliphatic heterocycles. The Bertz CT molecular complexity index is 1050. The Hall–Kier alpha value is -3.40. The molecular weight excluding hydrogens is 368 g/mol. The fraction of sp³-hybridized carbons (Fsp3) is 0.231. The van der Waals surface area contributed by atoms with E-state index in [-0.39, 0.29) is 0 Å². The molecule has 1 heterocycles. The van der Waals surface area contributed by atoms with E-state index in [4.69, 9.17) is 10.7 Å². The summed E-state index contributed by atoms with van der Waals surface area (Å²) in [6.45, 7) is 6.14. The summed E-state index contributed by atoms with van der Waals surface area (Å²) in [5.74, 6) is 1.90. The fourth-order valence-electron chi connectivity index (χ4n) is 3.90. The molecule has 4 aromatic rings. The maximum atomic E-state index is 6.30. The van der Waals surface area contributed by atoms with Gasteiger partial charge in [0, 0.05) is 18.5 Å². The number of benzene rings is 3. The first kappa shape index (κ1) is 19.9.